The quantitative estimate of drug-likeness (QED) is 0.394. The monoisotopic (exact) mass is 510 g/mol. The molecule has 2 aromatic carbocycles. The van der Waals surface area contributed by atoms with Gasteiger partial charge in [-0.25, -0.2) is 9.59 Å². The molecule has 0 bridgehead atoms. The molecule has 3 aromatic rings. The Labute approximate surface area is 215 Å². The van der Waals surface area contributed by atoms with E-state index in [1.807, 2.05) is 71.0 Å². The summed E-state index contributed by atoms with van der Waals surface area (Å²) in [5.41, 5.74) is 2.16. The lowest BCUT2D eigenvalue weighted by molar-refractivity contribution is 0.0346. The Morgan fingerprint density at radius 2 is 1.78 bits per heavy atom. The number of nitrogens with zero attached hydrogens (tertiary/aromatic N) is 2. The Morgan fingerprint density at radius 1 is 1.08 bits per heavy atom. The molecular weight excluding hydrogens is 480 g/mol. The van der Waals surface area contributed by atoms with Gasteiger partial charge in [0, 0.05) is 17.6 Å². The second-order valence-electron chi connectivity index (χ2n) is 10.1. The number of halogens is 1. The summed E-state index contributed by atoms with van der Waals surface area (Å²) in [6.45, 7) is 9.93. The van der Waals surface area contributed by atoms with Crippen molar-refractivity contribution in [1.29, 1.82) is 0 Å². The Morgan fingerprint density at radius 3 is 2.39 bits per heavy atom. The largest absolute Gasteiger partial charge is 0.491 e. The Bertz CT molecular complexity index is 1330. The summed E-state index contributed by atoms with van der Waals surface area (Å²) in [5, 5.41) is 10.7. The summed E-state index contributed by atoms with van der Waals surface area (Å²) in [4.78, 5) is 26.8. The van der Waals surface area contributed by atoms with Gasteiger partial charge in [0.2, 0.25) is 0 Å². The highest BCUT2D eigenvalue weighted by molar-refractivity contribution is 6.38. The molecule has 0 saturated carbocycles. The number of allylic oxidation sites excluding steroid dienone is 1. The molecule has 4 rings (SSSR count). The predicted octanol–water partition coefficient (Wildman–Crippen LogP) is 7.14. The maximum atomic E-state index is 12.9. The van der Waals surface area contributed by atoms with Crippen LogP contribution in [0, 0.1) is 0 Å². The van der Waals surface area contributed by atoms with Crippen molar-refractivity contribution in [1.82, 2.24) is 9.47 Å². The molecule has 1 amide bonds. The molecular formula is C28H31ClN2O5. The van der Waals surface area contributed by atoms with Gasteiger partial charge in [-0.15, -0.1) is 0 Å². The molecule has 0 saturated heterocycles. The number of aromatic carboxylic acids is 1. The summed E-state index contributed by atoms with van der Waals surface area (Å²) in [5.74, 6) is -0.436. The van der Waals surface area contributed by atoms with Crippen molar-refractivity contribution in [3.05, 3.63) is 64.8 Å². The van der Waals surface area contributed by atoms with Gasteiger partial charge in [-0.3, -0.25) is 4.90 Å². The Balaban J connectivity index is 1.79. The zero-order valence-electron chi connectivity index (χ0n) is 21.2. The highest BCUT2D eigenvalue weighted by atomic mass is 35.5. The van der Waals surface area contributed by atoms with Crippen molar-refractivity contribution in [3.63, 3.8) is 0 Å². The van der Waals surface area contributed by atoms with Gasteiger partial charge in [-0.1, -0.05) is 23.7 Å². The third kappa shape index (κ3) is 5.21. The maximum Gasteiger partial charge on any atom is 0.414 e. The van der Waals surface area contributed by atoms with Crippen LogP contribution in [0.25, 0.3) is 22.3 Å². The smallest absolute Gasteiger partial charge is 0.414 e. The summed E-state index contributed by atoms with van der Waals surface area (Å²) >= 11 is 6.65. The summed E-state index contributed by atoms with van der Waals surface area (Å²) in [6, 6.07) is 12.8. The van der Waals surface area contributed by atoms with Crippen molar-refractivity contribution in [2.75, 3.05) is 6.54 Å². The van der Waals surface area contributed by atoms with Gasteiger partial charge in [0.05, 0.1) is 22.3 Å². The van der Waals surface area contributed by atoms with E-state index in [4.69, 9.17) is 21.1 Å². The second-order valence-corrected chi connectivity index (χ2v) is 10.4. The molecule has 36 heavy (non-hydrogen) atoms. The van der Waals surface area contributed by atoms with Crippen LogP contribution in [-0.4, -0.2) is 44.9 Å². The summed E-state index contributed by atoms with van der Waals surface area (Å²) in [7, 11) is 0. The minimum absolute atomic E-state index is 0.0250. The number of carbonyl (C=O) groups is 2. The van der Waals surface area contributed by atoms with Crippen LogP contribution in [0.2, 0.25) is 5.02 Å². The first kappa shape index (κ1) is 25.6. The van der Waals surface area contributed by atoms with Gasteiger partial charge >= 0.3 is 12.1 Å². The fraction of sp³-hybridized carbons (Fsp3) is 0.357. The number of carboxylic acids is 1. The van der Waals surface area contributed by atoms with Gasteiger partial charge in [-0.05, 0) is 89.4 Å². The van der Waals surface area contributed by atoms with E-state index in [2.05, 4.69) is 0 Å². The highest BCUT2D eigenvalue weighted by Crippen LogP contribution is 2.37. The Hall–Kier alpha value is -3.45. The molecule has 1 aliphatic rings. The van der Waals surface area contributed by atoms with Gasteiger partial charge in [-0.2, -0.15) is 0 Å². The zero-order chi connectivity index (χ0) is 26.2. The summed E-state index contributed by atoms with van der Waals surface area (Å²) < 4.78 is 13.0. The molecule has 0 radical (unpaired) electrons. The lowest BCUT2D eigenvalue weighted by Gasteiger charge is -2.31. The van der Waals surface area contributed by atoms with E-state index in [0.29, 0.717) is 28.9 Å². The lowest BCUT2D eigenvalue weighted by Crippen LogP contribution is -2.37. The molecule has 8 heteroatoms. The first-order valence-electron chi connectivity index (χ1n) is 12.0. The topological polar surface area (TPSA) is 81.0 Å². The van der Waals surface area contributed by atoms with E-state index in [1.54, 1.807) is 21.6 Å². The van der Waals surface area contributed by atoms with Crippen LogP contribution in [0.5, 0.6) is 5.75 Å². The maximum absolute atomic E-state index is 12.9. The minimum atomic E-state index is -1.13. The van der Waals surface area contributed by atoms with Crippen LogP contribution < -0.4 is 4.74 Å². The number of amides is 1. The van der Waals surface area contributed by atoms with Crippen LogP contribution in [0.3, 0.4) is 0 Å². The van der Waals surface area contributed by atoms with E-state index >= 15 is 0 Å². The van der Waals surface area contributed by atoms with Crippen LogP contribution in [0.4, 0.5) is 4.79 Å². The molecule has 2 heterocycles. The molecule has 190 valence electrons. The number of rotatable bonds is 5. The van der Waals surface area contributed by atoms with Gasteiger partial charge < -0.3 is 19.1 Å². The van der Waals surface area contributed by atoms with Gasteiger partial charge in [0.1, 0.15) is 11.4 Å². The molecule has 1 aromatic heterocycles. The fourth-order valence-electron chi connectivity index (χ4n) is 4.32. The third-order valence-electron chi connectivity index (χ3n) is 5.70. The van der Waals surface area contributed by atoms with E-state index < -0.39 is 17.7 Å². The van der Waals surface area contributed by atoms with Crippen molar-refractivity contribution >= 4 is 40.3 Å². The normalized spacial score (nSPS) is 14.2. The van der Waals surface area contributed by atoms with E-state index in [9.17, 15) is 14.7 Å². The first-order valence-corrected chi connectivity index (χ1v) is 12.4. The van der Waals surface area contributed by atoms with Crippen molar-refractivity contribution in [2.45, 2.75) is 59.2 Å². The SMILES string of the molecule is CC(C)Oc1ccc(-n2c(C(=O)O)c(Cl)c3cc(C4=CCCCN4C(=O)OC(C)(C)C)ccc32)cc1. The summed E-state index contributed by atoms with van der Waals surface area (Å²) in [6.07, 6.45) is 3.28. The molecule has 0 spiro atoms. The number of hydrogen-bond donors (Lipinski definition) is 1. The first-order chi connectivity index (χ1) is 17.0. The van der Waals surface area contributed by atoms with Crippen LogP contribution in [0.1, 0.15) is 63.5 Å². The van der Waals surface area contributed by atoms with E-state index in [0.717, 1.165) is 24.1 Å². The van der Waals surface area contributed by atoms with E-state index in [-0.39, 0.29) is 16.8 Å². The molecule has 1 N–H and O–H groups in total. The van der Waals surface area contributed by atoms with Gasteiger partial charge in [0.15, 0.2) is 5.69 Å². The van der Waals surface area contributed by atoms with Crippen molar-refractivity contribution in [2.24, 2.45) is 0 Å². The number of carbonyl (C=O) groups excluding carboxylic acids is 1. The number of benzene rings is 2. The van der Waals surface area contributed by atoms with Gasteiger partial charge in [0.25, 0.3) is 0 Å². The molecule has 0 fully saturated rings. The Kier molecular flexibility index (Phi) is 7.05. The molecule has 0 unspecified atom stereocenters. The number of carboxylic acid groups (broad SMARTS) is 1. The van der Waals surface area contributed by atoms with E-state index in [1.165, 1.54) is 0 Å². The van der Waals surface area contributed by atoms with Crippen LogP contribution in [0.15, 0.2) is 48.5 Å². The standard InChI is InChI=1S/C28H31ClN2O5/c1-17(2)35-20-12-10-19(11-13-20)31-23-14-9-18(16-21(23)24(29)25(31)26(32)33)22-8-6-7-15-30(22)27(34)36-28(3,4)5/h8-14,16-17H,6-7,15H2,1-5H3,(H,32,33). The van der Waals surface area contributed by atoms with Crippen LogP contribution in [-0.2, 0) is 4.74 Å². The molecule has 0 atom stereocenters. The average molecular weight is 511 g/mol. The fourth-order valence-corrected chi connectivity index (χ4v) is 4.63. The van der Waals surface area contributed by atoms with Crippen LogP contribution >= 0.6 is 11.6 Å². The minimum Gasteiger partial charge on any atom is -0.491 e. The highest BCUT2D eigenvalue weighted by Gasteiger charge is 2.28. The zero-order valence-corrected chi connectivity index (χ0v) is 21.9. The number of aromatic nitrogens is 1. The molecule has 7 nitrogen and oxygen atoms in total. The molecule has 0 aliphatic carbocycles. The van der Waals surface area contributed by atoms with Crippen molar-refractivity contribution < 1.29 is 24.2 Å². The number of hydrogen-bond acceptors (Lipinski definition) is 4. The second kappa shape index (κ2) is 9.90. The third-order valence-corrected chi connectivity index (χ3v) is 6.08. The molecule has 1 aliphatic heterocycles. The number of ether oxygens (including phenoxy) is 2. The predicted molar refractivity (Wildman–Crippen MR) is 141 cm³/mol. The van der Waals surface area contributed by atoms with Crippen molar-refractivity contribution in [3.8, 4) is 11.4 Å². The number of fused-ring (bicyclic) bond motifs is 1. The average Bonchev–Trinajstić information content (AvgIpc) is 3.10. The lowest BCUT2D eigenvalue weighted by atomic mass is 10.0.